The van der Waals surface area contributed by atoms with Crippen LogP contribution in [0.15, 0.2) is 67.7 Å². The molecule has 0 aliphatic rings. The molecule has 0 N–H and O–H groups in total. The molecular weight excluding hydrogens is 348 g/mol. The molecule has 2 aromatic heterocycles. The lowest BCUT2D eigenvalue weighted by molar-refractivity contribution is 0.559. The zero-order chi connectivity index (χ0) is 18.3. The van der Waals surface area contributed by atoms with Crippen LogP contribution in [0.3, 0.4) is 0 Å². The summed E-state index contributed by atoms with van der Waals surface area (Å²) in [6.45, 7) is 1.95. The minimum Gasteiger partial charge on any atom is -0.423 e. The number of para-hydroxylation sites is 1. The Labute approximate surface area is 153 Å². The van der Waals surface area contributed by atoms with Crippen LogP contribution in [0.25, 0.3) is 21.9 Å². The van der Waals surface area contributed by atoms with E-state index in [1.54, 1.807) is 17.7 Å². The molecule has 0 bridgehead atoms. The van der Waals surface area contributed by atoms with Gasteiger partial charge in [-0.25, -0.2) is 9.78 Å². The Bertz CT molecular complexity index is 1260. The molecule has 4 rings (SSSR count). The number of hydrogen-bond acceptors (Lipinski definition) is 5. The third kappa shape index (κ3) is 2.93. The van der Waals surface area contributed by atoms with E-state index in [0.717, 1.165) is 16.5 Å². The Kier molecular flexibility index (Phi) is 4.12. The fourth-order valence-electron chi connectivity index (χ4n) is 2.93. The average Bonchev–Trinajstić information content (AvgIpc) is 2.62. The molecule has 0 fully saturated rings. The lowest BCUT2D eigenvalue weighted by Gasteiger charge is -2.10. The third-order valence-electron chi connectivity index (χ3n) is 4.28. The molecule has 0 atom stereocenters. The predicted molar refractivity (Wildman–Crippen MR) is 104 cm³/mol. The van der Waals surface area contributed by atoms with Crippen molar-refractivity contribution in [3.05, 3.63) is 80.4 Å². The molecule has 0 amide bonds. The van der Waals surface area contributed by atoms with Crippen LogP contribution in [0.2, 0.25) is 0 Å². The van der Waals surface area contributed by atoms with Gasteiger partial charge in [0.25, 0.3) is 5.56 Å². The van der Waals surface area contributed by atoms with E-state index in [0.29, 0.717) is 27.4 Å². The molecule has 0 spiro atoms. The fourth-order valence-corrected chi connectivity index (χ4v) is 3.89. The van der Waals surface area contributed by atoms with E-state index < -0.39 is 0 Å². The zero-order valence-electron chi connectivity index (χ0n) is 14.4. The quantitative estimate of drug-likeness (QED) is 0.315. The number of hydrogen-bond donors (Lipinski definition) is 0. The number of thioether (sulfide) groups is 1. The lowest BCUT2D eigenvalue weighted by atomic mass is 10.1. The van der Waals surface area contributed by atoms with E-state index in [9.17, 15) is 9.59 Å². The minimum atomic E-state index is -0.376. The molecule has 5 nitrogen and oxygen atoms in total. The Morgan fingerprint density at radius 3 is 2.73 bits per heavy atom. The van der Waals surface area contributed by atoms with Crippen molar-refractivity contribution in [3.63, 3.8) is 0 Å². The number of rotatable bonds is 3. The number of fused-ring (bicyclic) bond motifs is 2. The second-order valence-electron chi connectivity index (χ2n) is 6.15. The molecule has 2 aromatic carbocycles. The summed E-state index contributed by atoms with van der Waals surface area (Å²) >= 11 is 1.43. The summed E-state index contributed by atoms with van der Waals surface area (Å²) < 4.78 is 6.85. The predicted octanol–water partition coefficient (Wildman–Crippen LogP) is 3.64. The molecule has 0 saturated heterocycles. The summed E-state index contributed by atoms with van der Waals surface area (Å²) in [6, 6.07) is 14.6. The van der Waals surface area contributed by atoms with E-state index in [1.807, 2.05) is 43.3 Å². The summed E-state index contributed by atoms with van der Waals surface area (Å²) in [6.07, 6.45) is 0. The largest absolute Gasteiger partial charge is 0.423 e. The van der Waals surface area contributed by atoms with E-state index in [1.165, 1.54) is 17.8 Å². The van der Waals surface area contributed by atoms with Crippen LogP contribution in [0, 0.1) is 6.92 Å². The van der Waals surface area contributed by atoms with Crippen LogP contribution in [-0.2, 0) is 12.8 Å². The molecule has 2 heterocycles. The molecule has 0 saturated carbocycles. The number of aromatic nitrogens is 2. The molecule has 0 radical (unpaired) electrons. The van der Waals surface area contributed by atoms with Gasteiger partial charge in [-0.05, 0) is 36.2 Å². The first-order valence-corrected chi connectivity index (χ1v) is 9.13. The second kappa shape index (κ2) is 6.46. The van der Waals surface area contributed by atoms with Crippen molar-refractivity contribution in [1.29, 1.82) is 0 Å². The molecule has 0 unspecified atom stereocenters. The summed E-state index contributed by atoms with van der Waals surface area (Å²) in [7, 11) is 1.71. The molecule has 0 aliphatic heterocycles. The van der Waals surface area contributed by atoms with Crippen LogP contribution in [-0.4, -0.2) is 9.55 Å². The van der Waals surface area contributed by atoms with E-state index in [4.69, 9.17) is 4.42 Å². The van der Waals surface area contributed by atoms with Gasteiger partial charge in [-0.2, -0.15) is 0 Å². The number of benzene rings is 2. The average molecular weight is 364 g/mol. The van der Waals surface area contributed by atoms with E-state index in [-0.39, 0.29) is 11.2 Å². The SMILES string of the molecule is Cc1ccc2c(CSc3nc4ccccc4c(=O)n3C)cc(=O)oc2c1. The van der Waals surface area contributed by atoms with Crippen LogP contribution < -0.4 is 11.2 Å². The molecular formula is C20H16N2O3S. The van der Waals surface area contributed by atoms with Crippen molar-refractivity contribution >= 4 is 33.6 Å². The van der Waals surface area contributed by atoms with Gasteiger partial charge in [0.05, 0.1) is 10.9 Å². The Hall–Kier alpha value is -2.86. The van der Waals surface area contributed by atoms with Crippen molar-refractivity contribution in [2.75, 3.05) is 0 Å². The van der Waals surface area contributed by atoms with Crippen molar-refractivity contribution in [1.82, 2.24) is 9.55 Å². The molecule has 0 aliphatic carbocycles. The molecule has 4 aromatic rings. The summed E-state index contributed by atoms with van der Waals surface area (Å²) in [5.41, 5.74) is 2.69. The van der Waals surface area contributed by atoms with Crippen LogP contribution in [0.1, 0.15) is 11.1 Å². The smallest absolute Gasteiger partial charge is 0.336 e. The highest BCUT2D eigenvalue weighted by Gasteiger charge is 2.11. The lowest BCUT2D eigenvalue weighted by Crippen LogP contribution is -2.19. The van der Waals surface area contributed by atoms with Crippen LogP contribution in [0.5, 0.6) is 0 Å². The van der Waals surface area contributed by atoms with Gasteiger partial charge >= 0.3 is 5.63 Å². The normalized spacial score (nSPS) is 11.3. The second-order valence-corrected chi connectivity index (χ2v) is 7.10. The summed E-state index contributed by atoms with van der Waals surface area (Å²) in [5.74, 6) is 0.518. The third-order valence-corrected chi connectivity index (χ3v) is 5.36. The van der Waals surface area contributed by atoms with Gasteiger partial charge < -0.3 is 4.42 Å². The molecule has 6 heteroatoms. The maximum atomic E-state index is 12.5. The van der Waals surface area contributed by atoms with E-state index >= 15 is 0 Å². The zero-order valence-corrected chi connectivity index (χ0v) is 15.2. The van der Waals surface area contributed by atoms with Crippen molar-refractivity contribution < 1.29 is 4.42 Å². The van der Waals surface area contributed by atoms with Crippen LogP contribution in [0.4, 0.5) is 0 Å². The van der Waals surface area contributed by atoms with Gasteiger partial charge in [-0.1, -0.05) is 36.0 Å². The first-order chi connectivity index (χ1) is 12.5. The van der Waals surface area contributed by atoms with Gasteiger partial charge in [0, 0.05) is 24.3 Å². The summed E-state index contributed by atoms with van der Waals surface area (Å²) in [4.78, 5) is 29.0. The van der Waals surface area contributed by atoms with Crippen LogP contribution >= 0.6 is 11.8 Å². The maximum Gasteiger partial charge on any atom is 0.336 e. The van der Waals surface area contributed by atoms with Gasteiger partial charge in [-0.15, -0.1) is 0 Å². The monoisotopic (exact) mass is 364 g/mol. The minimum absolute atomic E-state index is 0.0776. The molecule has 26 heavy (non-hydrogen) atoms. The summed E-state index contributed by atoms with van der Waals surface area (Å²) in [5, 5.41) is 2.11. The standard InChI is InChI=1S/C20H16N2O3S/c1-12-7-8-14-13(10-18(23)25-17(14)9-12)11-26-20-21-16-6-4-3-5-15(16)19(24)22(20)2/h3-10H,11H2,1-2H3. The fraction of sp³-hybridized carbons (Fsp3) is 0.150. The number of nitrogens with zero attached hydrogens (tertiary/aromatic N) is 2. The van der Waals surface area contributed by atoms with Crippen molar-refractivity contribution in [2.45, 2.75) is 17.8 Å². The number of aryl methyl sites for hydroxylation is 1. The van der Waals surface area contributed by atoms with Gasteiger partial charge in [-0.3, -0.25) is 9.36 Å². The Morgan fingerprint density at radius 2 is 1.88 bits per heavy atom. The van der Waals surface area contributed by atoms with E-state index in [2.05, 4.69) is 4.98 Å². The molecule has 130 valence electrons. The topological polar surface area (TPSA) is 65.1 Å². The van der Waals surface area contributed by atoms with Gasteiger partial charge in [0.2, 0.25) is 0 Å². The first-order valence-electron chi connectivity index (χ1n) is 8.15. The first kappa shape index (κ1) is 16.6. The van der Waals surface area contributed by atoms with Crippen molar-refractivity contribution in [2.24, 2.45) is 7.05 Å². The maximum absolute atomic E-state index is 12.5. The highest BCUT2D eigenvalue weighted by atomic mass is 32.2. The highest BCUT2D eigenvalue weighted by Crippen LogP contribution is 2.26. The highest BCUT2D eigenvalue weighted by molar-refractivity contribution is 7.98. The van der Waals surface area contributed by atoms with Crippen molar-refractivity contribution in [3.8, 4) is 0 Å². The van der Waals surface area contributed by atoms with Gasteiger partial charge in [0.1, 0.15) is 5.58 Å². The Balaban J connectivity index is 1.75. The Morgan fingerprint density at radius 1 is 1.08 bits per heavy atom. The van der Waals surface area contributed by atoms with Gasteiger partial charge in [0.15, 0.2) is 5.16 Å².